The minimum atomic E-state index is 0.565. The number of rotatable bonds is 5. The van der Waals surface area contributed by atoms with Crippen molar-refractivity contribution in [3.05, 3.63) is 35.7 Å². The molecule has 0 radical (unpaired) electrons. The molecule has 1 heterocycles. The van der Waals surface area contributed by atoms with E-state index in [2.05, 4.69) is 6.92 Å². The molecule has 4 heteroatoms. The van der Waals surface area contributed by atoms with Crippen molar-refractivity contribution < 1.29 is 4.74 Å². The Morgan fingerprint density at radius 3 is 2.74 bits per heavy atom. The van der Waals surface area contributed by atoms with Crippen molar-refractivity contribution in [2.24, 2.45) is 7.05 Å². The van der Waals surface area contributed by atoms with Crippen LogP contribution in [0.25, 0.3) is 11.3 Å². The lowest BCUT2D eigenvalue weighted by atomic mass is 10.1. The highest BCUT2D eigenvalue weighted by Crippen LogP contribution is 2.29. The van der Waals surface area contributed by atoms with E-state index in [9.17, 15) is 0 Å². The van der Waals surface area contributed by atoms with Gasteiger partial charge in [0.15, 0.2) is 0 Å². The Kier molecular flexibility index (Phi) is 4.22. The molecule has 1 aromatic heterocycles. The van der Waals surface area contributed by atoms with Crippen LogP contribution in [-0.4, -0.2) is 16.7 Å². The van der Waals surface area contributed by atoms with Gasteiger partial charge in [-0.15, -0.1) is 0 Å². The Bertz CT molecular complexity index is 561. The number of aromatic nitrogens is 2. The molecule has 2 aromatic rings. The zero-order chi connectivity index (χ0) is 13.8. The predicted octanol–water partition coefficient (Wildman–Crippen LogP) is 2.77. The number of nitrogens with two attached hydrogens (primary N) is 1. The van der Waals surface area contributed by atoms with E-state index in [1.54, 1.807) is 7.11 Å². The summed E-state index contributed by atoms with van der Waals surface area (Å²) in [5, 5.41) is 0. The Balaban J connectivity index is 2.50. The molecule has 0 amide bonds. The number of nitrogen functional groups attached to an aromatic ring is 1. The highest BCUT2D eigenvalue weighted by Gasteiger charge is 2.15. The lowest BCUT2D eigenvalue weighted by Gasteiger charge is -2.07. The Morgan fingerprint density at radius 1 is 1.32 bits per heavy atom. The van der Waals surface area contributed by atoms with Crippen molar-refractivity contribution in [1.29, 1.82) is 0 Å². The van der Waals surface area contributed by atoms with Gasteiger partial charge < -0.3 is 15.0 Å². The van der Waals surface area contributed by atoms with Crippen LogP contribution in [0.5, 0.6) is 0 Å². The summed E-state index contributed by atoms with van der Waals surface area (Å²) < 4.78 is 7.21. The summed E-state index contributed by atoms with van der Waals surface area (Å²) in [6.45, 7) is 2.71. The maximum atomic E-state index is 6.19. The van der Waals surface area contributed by atoms with E-state index < -0.39 is 0 Å². The second kappa shape index (κ2) is 5.89. The Morgan fingerprint density at radius 2 is 2.05 bits per heavy atom. The highest BCUT2D eigenvalue weighted by molar-refractivity contribution is 5.73. The molecule has 2 rings (SSSR count). The molecule has 19 heavy (non-hydrogen) atoms. The van der Waals surface area contributed by atoms with Gasteiger partial charge >= 0.3 is 0 Å². The molecule has 4 nitrogen and oxygen atoms in total. The maximum Gasteiger partial charge on any atom is 0.131 e. The van der Waals surface area contributed by atoms with Gasteiger partial charge in [-0.25, -0.2) is 4.98 Å². The topological polar surface area (TPSA) is 53.1 Å². The molecule has 0 aliphatic rings. The molecular weight excluding hydrogens is 238 g/mol. The van der Waals surface area contributed by atoms with Crippen LogP contribution in [0.3, 0.4) is 0 Å². The summed E-state index contributed by atoms with van der Waals surface area (Å²) in [6, 6.07) is 8.10. The van der Waals surface area contributed by atoms with Crippen LogP contribution in [-0.2, 0) is 24.8 Å². The number of methoxy groups -OCH3 is 1. The van der Waals surface area contributed by atoms with Crippen LogP contribution in [0.2, 0.25) is 0 Å². The number of aryl methyl sites for hydroxylation is 1. The number of hydrogen-bond donors (Lipinski definition) is 1. The van der Waals surface area contributed by atoms with Crippen molar-refractivity contribution in [2.75, 3.05) is 12.8 Å². The average molecular weight is 259 g/mol. The van der Waals surface area contributed by atoms with E-state index in [1.807, 2.05) is 35.9 Å². The van der Waals surface area contributed by atoms with Gasteiger partial charge in [-0.2, -0.15) is 0 Å². The zero-order valence-electron chi connectivity index (χ0n) is 11.8. The molecule has 0 fully saturated rings. The third-order valence-electron chi connectivity index (χ3n) is 3.28. The molecule has 0 bridgehead atoms. The van der Waals surface area contributed by atoms with Crippen LogP contribution in [0.4, 0.5) is 5.82 Å². The second-order valence-electron chi connectivity index (χ2n) is 4.66. The Hall–Kier alpha value is -1.81. The molecule has 0 spiro atoms. The maximum absolute atomic E-state index is 6.19. The summed E-state index contributed by atoms with van der Waals surface area (Å²) >= 11 is 0. The minimum absolute atomic E-state index is 0.565. The van der Waals surface area contributed by atoms with Crippen molar-refractivity contribution in [3.63, 3.8) is 0 Å². The van der Waals surface area contributed by atoms with Gasteiger partial charge in [0.05, 0.1) is 6.61 Å². The minimum Gasteiger partial charge on any atom is -0.383 e. The first-order chi connectivity index (χ1) is 9.19. The third-order valence-corrected chi connectivity index (χ3v) is 3.28. The van der Waals surface area contributed by atoms with E-state index >= 15 is 0 Å². The predicted molar refractivity (Wildman–Crippen MR) is 77.8 cm³/mol. The van der Waals surface area contributed by atoms with E-state index in [1.165, 1.54) is 0 Å². The molecule has 0 aliphatic heterocycles. The van der Waals surface area contributed by atoms with E-state index in [-0.39, 0.29) is 0 Å². The van der Waals surface area contributed by atoms with Crippen LogP contribution < -0.4 is 5.73 Å². The molecule has 1 aromatic carbocycles. The third kappa shape index (κ3) is 2.63. The van der Waals surface area contributed by atoms with Crippen LogP contribution in [0, 0.1) is 0 Å². The molecule has 0 saturated carbocycles. The first kappa shape index (κ1) is 13.6. The fraction of sp³-hybridized carbons (Fsp3) is 0.400. The molecule has 0 saturated heterocycles. The van der Waals surface area contributed by atoms with E-state index in [0.717, 1.165) is 35.5 Å². The van der Waals surface area contributed by atoms with Crippen LogP contribution in [0.1, 0.15) is 24.7 Å². The zero-order valence-corrected chi connectivity index (χ0v) is 11.8. The quantitative estimate of drug-likeness (QED) is 0.898. The highest BCUT2D eigenvalue weighted by atomic mass is 16.5. The lowest BCUT2D eigenvalue weighted by molar-refractivity contribution is 0.185. The summed E-state index contributed by atoms with van der Waals surface area (Å²) in [5.41, 5.74) is 9.21. The van der Waals surface area contributed by atoms with Crippen LogP contribution in [0.15, 0.2) is 24.3 Å². The summed E-state index contributed by atoms with van der Waals surface area (Å²) in [7, 11) is 3.66. The number of nitrogens with zero attached hydrogens (tertiary/aromatic N) is 2. The van der Waals surface area contributed by atoms with Crippen molar-refractivity contribution in [2.45, 2.75) is 26.4 Å². The fourth-order valence-electron chi connectivity index (χ4n) is 2.24. The van der Waals surface area contributed by atoms with Gasteiger partial charge in [0.2, 0.25) is 0 Å². The number of imidazole rings is 1. The largest absolute Gasteiger partial charge is 0.383 e. The lowest BCUT2D eigenvalue weighted by Crippen LogP contribution is -2.01. The number of hydrogen-bond acceptors (Lipinski definition) is 3. The van der Waals surface area contributed by atoms with E-state index in [0.29, 0.717) is 12.4 Å². The van der Waals surface area contributed by atoms with Crippen molar-refractivity contribution >= 4 is 5.82 Å². The number of benzene rings is 1. The summed E-state index contributed by atoms with van der Waals surface area (Å²) in [6.07, 6.45) is 2.00. The standard InChI is InChI=1S/C15H21N3O/c1-4-7-13-17-14(15(16)18(13)2)12-9-6-5-8-11(12)10-19-3/h5-6,8-9H,4,7,10,16H2,1-3H3. The molecule has 0 unspecified atom stereocenters. The Labute approximate surface area is 114 Å². The van der Waals surface area contributed by atoms with Gasteiger partial charge in [0, 0.05) is 26.1 Å². The van der Waals surface area contributed by atoms with Crippen LogP contribution >= 0.6 is 0 Å². The molecule has 2 N–H and O–H groups in total. The van der Waals surface area contributed by atoms with Gasteiger partial charge in [0.25, 0.3) is 0 Å². The molecule has 102 valence electrons. The fourth-order valence-corrected chi connectivity index (χ4v) is 2.24. The smallest absolute Gasteiger partial charge is 0.131 e. The monoisotopic (exact) mass is 259 g/mol. The second-order valence-corrected chi connectivity index (χ2v) is 4.66. The normalized spacial score (nSPS) is 10.9. The average Bonchev–Trinajstić information content (AvgIpc) is 2.69. The SMILES string of the molecule is CCCc1nc(-c2ccccc2COC)c(N)n1C. The summed E-state index contributed by atoms with van der Waals surface area (Å²) in [4.78, 5) is 4.69. The molecule has 0 aliphatic carbocycles. The van der Waals surface area contributed by atoms with E-state index in [4.69, 9.17) is 15.5 Å². The number of anilines is 1. The first-order valence-corrected chi connectivity index (χ1v) is 6.57. The number of ether oxygens (including phenoxy) is 1. The van der Waals surface area contributed by atoms with Gasteiger partial charge in [-0.05, 0) is 12.0 Å². The molecular formula is C15H21N3O. The van der Waals surface area contributed by atoms with Crippen molar-refractivity contribution in [1.82, 2.24) is 9.55 Å². The van der Waals surface area contributed by atoms with Gasteiger partial charge in [-0.1, -0.05) is 31.2 Å². The van der Waals surface area contributed by atoms with Gasteiger partial charge in [0.1, 0.15) is 17.3 Å². The van der Waals surface area contributed by atoms with Gasteiger partial charge in [-0.3, -0.25) is 0 Å². The van der Waals surface area contributed by atoms with Crippen molar-refractivity contribution in [3.8, 4) is 11.3 Å². The summed E-state index contributed by atoms with van der Waals surface area (Å²) in [5.74, 6) is 1.74. The molecule has 0 atom stereocenters. The first-order valence-electron chi connectivity index (χ1n) is 6.57.